The predicted molar refractivity (Wildman–Crippen MR) is 106 cm³/mol. The van der Waals surface area contributed by atoms with Crippen LogP contribution in [-0.4, -0.2) is 34.1 Å². The molecule has 3 aromatic rings. The summed E-state index contributed by atoms with van der Waals surface area (Å²) in [6.45, 7) is 3.86. The minimum atomic E-state index is -0.345. The number of nitrogen functional groups attached to an aromatic ring is 1. The van der Waals surface area contributed by atoms with Crippen LogP contribution in [0, 0.1) is 12.1 Å². The molecule has 0 aliphatic carbocycles. The number of aryl methyl sites for hydroxylation is 1. The summed E-state index contributed by atoms with van der Waals surface area (Å²) in [7, 11) is 0. The van der Waals surface area contributed by atoms with Gasteiger partial charge >= 0.3 is 0 Å². The monoisotopic (exact) mass is 433 g/mol. The zero-order valence-electron chi connectivity index (χ0n) is 16.2. The fraction of sp³-hybridized carbons (Fsp3) is 0.294. The van der Waals surface area contributed by atoms with E-state index in [0.717, 1.165) is 11.3 Å². The van der Waals surface area contributed by atoms with E-state index < -0.39 is 0 Å². The Morgan fingerprint density at radius 2 is 2.23 bits per heavy atom. The summed E-state index contributed by atoms with van der Waals surface area (Å²) >= 11 is 1.14. The first kappa shape index (κ1) is 21.0. The van der Waals surface area contributed by atoms with Gasteiger partial charge in [0.2, 0.25) is 22.4 Å². The van der Waals surface area contributed by atoms with Crippen LogP contribution < -0.4 is 25.5 Å². The molecule has 0 aliphatic rings. The molecule has 3 rings (SSSR count). The molecule has 0 aliphatic heterocycles. The van der Waals surface area contributed by atoms with E-state index in [9.17, 15) is 10.0 Å². The van der Waals surface area contributed by atoms with Crippen LogP contribution in [0.25, 0.3) is 0 Å². The van der Waals surface area contributed by atoms with Crippen LogP contribution in [0.15, 0.2) is 27.9 Å². The zero-order valence-corrected chi connectivity index (χ0v) is 17.0. The summed E-state index contributed by atoms with van der Waals surface area (Å²) in [5.41, 5.74) is 9.28. The van der Waals surface area contributed by atoms with E-state index >= 15 is 0 Å². The average Bonchev–Trinajstić information content (AvgIpc) is 3.26. The Morgan fingerprint density at radius 1 is 1.40 bits per heavy atom. The van der Waals surface area contributed by atoms with Gasteiger partial charge in [-0.15, -0.1) is 10.2 Å². The normalized spacial score (nSPS) is 11.0. The highest BCUT2D eigenvalue weighted by Gasteiger charge is 2.16. The average molecular weight is 433 g/mol. The molecule has 0 saturated heterocycles. The second-order valence-electron chi connectivity index (χ2n) is 5.89. The van der Waals surface area contributed by atoms with Gasteiger partial charge in [-0.2, -0.15) is 5.10 Å². The third kappa shape index (κ3) is 5.41. The maximum atomic E-state index is 11.9. The van der Waals surface area contributed by atoms with Crippen molar-refractivity contribution in [3.8, 4) is 11.5 Å². The largest absolute Gasteiger partial charge is 0.490 e. The van der Waals surface area contributed by atoms with Crippen LogP contribution in [0.5, 0.6) is 11.5 Å². The van der Waals surface area contributed by atoms with E-state index in [2.05, 4.69) is 30.5 Å². The topological polar surface area (TPSA) is 165 Å². The number of ether oxygens (including phenoxy) is 2. The highest BCUT2D eigenvalue weighted by Crippen LogP contribution is 2.28. The van der Waals surface area contributed by atoms with Crippen LogP contribution in [0.3, 0.4) is 0 Å². The lowest BCUT2D eigenvalue weighted by molar-refractivity contribution is -0.808. The second kappa shape index (κ2) is 9.65. The number of anilines is 1. The number of benzene rings is 1. The number of hydrazone groups is 1. The first-order chi connectivity index (χ1) is 14.5. The Hall–Kier alpha value is -3.74. The SMILES string of the molecule is CCOc1cc(/C=N\NC(=O)Cc2nnc(N)s2)ccc1OCc1c(C)no[n+]1[O-]. The number of aromatic nitrogens is 4. The van der Waals surface area contributed by atoms with Crippen LogP contribution >= 0.6 is 11.3 Å². The minimum absolute atomic E-state index is 0.0292. The number of nitrogens with zero attached hydrogens (tertiary/aromatic N) is 5. The van der Waals surface area contributed by atoms with Crippen LogP contribution in [0.2, 0.25) is 0 Å². The van der Waals surface area contributed by atoms with E-state index in [0.29, 0.717) is 44.4 Å². The van der Waals surface area contributed by atoms with E-state index in [1.54, 1.807) is 25.1 Å². The highest BCUT2D eigenvalue weighted by atomic mass is 32.1. The van der Waals surface area contributed by atoms with Gasteiger partial charge in [0.1, 0.15) is 5.01 Å². The van der Waals surface area contributed by atoms with Crippen molar-refractivity contribution in [3.63, 3.8) is 0 Å². The Kier molecular flexibility index (Phi) is 6.75. The van der Waals surface area contributed by atoms with Crippen LogP contribution in [-0.2, 0) is 17.8 Å². The summed E-state index contributed by atoms with van der Waals surface area (Å²) < 4.78 is 15.8. The second-order valence-corrected chi connectivity index (χ2v) is 6.99. The van der Waals surface area contributed by atoms with Crippen LogP contribution in [0.4, 0.5) is 5.13 Å². The summed E-state index contributed by atoms with van der Waals surface area (Å²) in [6, 6.07) is 5.10. The fourth-order valence-corrected chi connectivity index (χ4v) is 2.93. The standard InChI is InChI=1S/C17H19N7O5S/c1-3-27-14-6-11(8-19-20-15(25)7-16-21-22-17(18)30-16)4-5-13(14)28-9-12-10(2)23-29-24(12)26/h4-6,8H,3,7,9H2,1-2H3,(H2,18,22)(H,20,25)/b19-8-. The Bertz CT molecular complexity index is 1030. The number of carbonyl (C=O) groups is 1. The van der Waals surface area contributed by atoms with Gasteiger partial charge in [-0.3, -0.25) is 9.42 Å². The van der Waals surface area contributed by atoms with Crippen molar-refractivity contribution in [2.75, 3.05) is 12.3 Å². The minimum Gasteiger partial charge on any atom is -0.490 e. The summed E-state index contributed by atoms with van der Waals surface area (Å²) in [6.07, 6.45) is 1.50. The molecule has 30 heavy (non-hydrogen) atoms. The van der Waals surface area contributed by atoms with Gasteiger partial charge in [-0.25, -0.2) is 5.43 Å². The van der Waals surface area contributed by atoms with Gasteiger partial charge in [0, 0.05) is 12.1 Å². The highest BCUT2D eigenvalue weighted by molar-refractivity contribution is 7.15. The summed E-state index contributed by atoms with van der Waals surface area (Å²) in [5, 5.41) is 27.3. The van der Waals surface area contributed by atoms with Crippen LogP contribution in [0.1, 0.15) is 28.9 Å². The first-order valence-corrected chi connectivity index (χ1v) is 9.62. The Labute approximate surface area is 174 Å². The number of amides is 1. The Balaban J connectivity index is 1.62. The van der Waals surface area contributed by atoms with Crippen molar-refractivity contribution in [1.82, 2.24) is 20.8 Å². The number of hydrogen-bond acceptors (Lipinski definition) is 11. The van der Waals surface area contributed by atoms with E-state index in [-0.39, 0.29) is 24.6 Å². The molecule has 13 heteroatoms. The molecule has 158 valence electrons. The molecule has 1 amide bonds. The molecule has 0 bridgehead atoms. The number of rotatable bonds is 9. The molecule has 0 fully saturated rings. The molecule has 3 N–H and O–H groups in total. The third-order valence-corrected chi connectivity index (χ3v) is 4.47. The molecule has 0 spiro atoms. The van der Waals surface area contributed by atoms with E-state index in [1.807, 2.05) is 6.92 Å². The Morgan fingerprint density at radius 3 is 2.90 bits per heavy atom. The lowest BCUT2D eigenvalue weighted by Crippen LogP contribution is -2.29. The maximum absolute atomic E-state index is 11.9. The van der Waals surface area contributed by atoms with Gasteiger partial charge in [-0.05, 0) is 35.6 Å². The van der Waals surface area contributed by atoms with Crippen molar-refractivity contribution < 1.29 is 23.8 Å². The van der Waals surface area contributed by atoms with E-state index in [4.69, 9.17) is 15.2 Å². The molecule has 0 unspecified atom stereocenters. The van der Waals surface area contributed by atoms with Crippen molar-refractivity contribution in [2.24, 2.45) is 5.10 Å². The lowest BCUT2D eigenvalue weighted by atomic mass is 10.2. The maximum Gasteiger partial charge on any atom is 0.247 e. The van der Waals surface area contributed by atoms with Gasteiger partial charge in [0.05, 0.1) is 19.2 Å². The summed E-state index contributed by atoms with van der Waals surface area (Å²) in [5.74, 6) is 0.554. The molecule has 12 nitrogen and oxygen atoms in total. The van der Waals surface area contributed by atoms with Gasteiger partial charge in [-0.1, -0.05) is 11.3 Å². The van der Waals surface area contributed by atoms with Crippen molar-refractivity contribution in [1.29, 1.82) is 0 Å². The predicted octanol–water partition coefficient (Wildman–Crippen LogP) is 0.721. The number of hydrogen-bond donors (Lipinski definition) is 2. The third-order valence-electron chi connectivity index (χ3n) is 3.72. The van der Waals surface area contributed by atoms with Gasteiger partial charge in [0.15, 0.2) is 18.1 Å². The van der Waals surface area contributed by atoms with Gasteiger partial charge < -0.3 is 20.4 Å². The fourth-order valence-electron chi connectivity index (χ4n) is 2.32. The summed E-state index contributed by atoms with van der Waals surface area (Å²) in [4.78, 5) is 12.2. The number of nitrogens with one attached hydrogen (secondary N) is 1. The number of carbonyl (C=O) groups excluding carboxylic acids is 1. The molecule has 0 radical (unpaired) electrons. The zero-order chi connectivity index (χ0) is 21.5. The molecule has 0 atom stereocenters. The van der Waals surface area contributed by atoms with Crippen molar-refractivity contribution in [2.45, 2.75) is 26.9 Å². The lowest BCUT2D eigenvalue weighted by Gasteiger charge is -2.11. The molecular weight excluding hydrogens is 414 g/mol. The first-order valence-electron chi connectivity index (χ1n) is 8.81. The smallest absolute Gasteiger partial charge is 0.247 e. The van der Waals surface area contributed by atoms with E-state index in [1.165, 1.54) is 6.21 Å². The quantitative estimate of drug-likeness (QED) is 0.281. The van der Waals surface area contributed by atoms with Crippen molar-refractivity contribution in [3.05, 3.63) is 45.4 Å². The van der Waals surface area contributed by atoms with Gasteiger partial charge in [0.25, 0.3) is 0 Å². The molecule has 0 saturated carbocycles. The molecule has 2 heterocycles. The molecular formula is C17H19N7O5S. The van der Waals surface area contributed by atoms with Crippen molar-refractivity contribution >= 4 is 28.6 Å². The molecule has 1 aromatic carbocycles. The number of nitrogens with two attached hydrogens (primary N) is 1. The molecule has 2 aromatic heterocycles.